The Labute approximate surface area is 162 Å². The molecule has 9 heteroatoms. The molecule has 2 atom stereocenters. The summed E-state index contributed by atoms with van der Waals surface area (Å²) in [4.78, 5) is 20.1. The maximum atomic E-state index is 10.1. The van der Waals surface area contributed by atoms with Crippen LogP contribution >= 0.6 is 0 Å². The molecule has 0 aromatic heterocycles. The van der Waals surface area contributed by atoms with Crippen molar-refractivity contribution in [3.05, 3.63) is 12.7 Å². The number of carboxylic acids is 2. The summed E-state index contributed by atoms with van der Waals surface area (Å²) in [6.45, 7) is 5.09. The van der Waals surface area contributed by atoms with Gasteiger partial charge in [-0.3, -0.25) is 0 Å². The molecule has 0 radical (unpaired) electrons. The van der Waals surface area contributed by atoms with Gasteiger partial charge in [-0.15, -0.1) is 5.92 Å². The Hall–Kier alpha value is 0.0397. The molecule has 0 heterocycles. The van der Waals surface area contributed by atoms with Crippen molar-refractivity contribution in [1.82, 2.24) is 0 Å². The van der Waals surface area contributed by atoms with Gasteiger partial charge in [-0.1, -0.05) is 18.9 Å². The molecule has 0 saturated heterocycles. The van der Waals surface area contributed by atoms with Crippen molar-refractivity contribution in [3.8, 4) is 0 Å². The van der Waals surface area contributed by atoms with E-state index in [0.717, 1.165) is 38.8 Å². The second-order valence-corrected chi connectivity index (χ2v) is 4.59. The number of carbonyl (C=O) groups excluding carboxylic acids is 2. The van der Waals surface area contributed by atoms with Crippen LogP contribution in [-0.2, 0) is 9.59 Å². The number of hydrogen-bond acceptors (Lipinski definition) is 4. The van der Waals surface area contributed by atoms with E-state index < -0.39 is 23.9 Å². The van der Waals surface area contributed by atoms with Crippen LogP contribution in [0.5, 0.6) is 0 Å². The molecule has 0 aromatic carbocycles. The molecule has 0 aromatic rings. The maximum absolute atomic E-state index is 10.1. The van der Waals surface area contributed by atoms with Gasteiger partial charge in [-0.2, -0.15) is 0 Å². The molecule has 0 aliphatic carbocycles. The molecule has 0 bridgehead atoms. The van der Waals surface area contributed by atoms with Crippen molar-refractivity contribution in [2.45, 2.75) is 44.6 Å². The van der Waals surface area contributed by atoms with Crippen LogP contribution < -0.4 is 21.7 Å². The molecule has 8 nitrogen and oxygen atoms in total. The number of rotatable bonds is 10. The fraction of sp³-hybridized carbons (Fsp3) is 0.769. The standard InChI is InChI=1S/C7H14NO2.C6H13N2O2.Ca.H2O/c1-6(7(9)10)4-2-3-5-8;7-4-2-1-3-5(8)6(9)10;;/h6H,1-5,8H2,(H,9,10);5,8H,1-4,7H2,(H,9,10);;1H2/q2*-1;+2;/t6-;5-;;/m00../s1. The molecule has 0 aliphatic heterocycles. The van der Waals surface area contributed by atoms with Gasteiger partial charge >= 0.3 is 37.7 Å². The zero-order valence-electron chi connectivity index (χ0n) is 13.3. The second-order valence-electron chi connectivity index (χ2n) is 4.59. The molecule has 0 saturated carbocycles. The second kappa shape index (κ2) is 21.0. The predicted molar refractivity (Wildman–Crippen MR) is 79.6 cm³/mol. The van der Waals surface area contributed by atoms with Crippen LogP contribution in [0.1, 0.15) is 38.5 Å². The molecular weight excluding hydrogens is 318 g/mol. The van der Waals surface area contributed by atoms with E-state index in [1.807, 2.05) is 0 Å². The van der Waals surface area contributed by atoms with Crippen molar-refractivity contribution in [2.75, 3.05) is 13.1 Å². The van der Waals surface area contributed by atoms with Gasteiger partial charge in [0.1, 0.15) is 0 Å². The fourth-order valence-corrected chi connectivity index (χ4v) is 1.33. The number of aliphatic carboxylic acids is 2. The van der Waals surface area contributed by atoms with Gasteiger partial charge in [0, 0.05) is 11.9 Å². The summed E-state index contributed by atoms with van der Waals surface area (Å²) >= 11 is 0. The number of nitrogens with one attached hydrogen (secondary N) is 1. The number of carboxylic acid groups (broad SMARTS) is 2. The first-order valence-electron chi connectivity index (χ1n) is 6.91. The molecule has 0 fully saturated rings. The average molecular weight is 347 g/mol. The molecule has 0 spiro atoms. The van der Waals surface area contributed by atoms with E-state index in [4.69, 9.17) is 5.73 Å². The molecule has 0 amide bonds. The predicted octanol–water partition coefficient (Wildman–Crippen LogP) is -4.04. The van der Waals surface area contributed by atoms with Crippen LogP contribution in [0.15, 0.2) is 0 Å². The van der Waals surface area contributed by atoms with E-state index in [1.54, 1.807) is 0 Å². The molecule has 9 N–H and O–H groups in total. The molecule has 0 unspecified atom stereocenters. The third-order valence-corrected chi connectivity index (χ3v) is 2.66. The molecular formula is C13H29CaN3O5. The zero-order chi connectivity index (χ0) is 16.0. The first-order valence-corrected chi connectivity index (χ1v) is 6.91. The Morgan fingerprint density at radius 1 is 0.955 bits per heavy atom. The zero-order valence-corrected chi connectivity index (χ0v) is 15.5. The number of quaternary nitrogens is 2. The van der Waals surface area contributed by atoms with Crippen LogP contribution in [0.4, 0.5) is 0 Å². The van der Waals surface area contributed by atoms with Crippen molar-refractivity contribution in [1.29, 1.82) is 0 Å². The van der Waals surface area contributed by atoms with Gasteiger partial charge in [0.15, 0.2) is 0 Å². The quantitative estimate of drug-likeness (QED) is 0.231. The van der Waals surface area contributed by atoms with Crippen LogP contribution in [0.25, 0.3) is 5.73 Å². The Morgan fingerprint density at radius 2 is 1.36 bits per heavy atom. The van der Waals surface area contributed by atoms with E-state index in [9.17, 15) is 19.8 Å². The minimum atomic E-state index is -1.27. The average Bonchev–Trinajstić information content (AvgIpc) is 2.39. The summed E-state index contributed by atoms with van der Waals surface area (Å²) in [5.41, 5.74) is 14.2. The minimum Gasteiger partial charge on any atom is -0.670 e. The summed E-state index contributed by atoms with van der Waals surface area (Å²) in [5, 5.41) is 20.1. The summed E-state index contributed by atoms with van der Waals surface area (Å²) in [6, 6.07) is -1.05. The molecule has 128 valence electrons. The van der Waals surface area contributed by atoms with Gasteiger partial charge in [-0.25, -0.2) is 0 Å². The van der Waals surface area contributed by atoms with E-state index in [1.165, 1.54) is 0 Å². The first kappa shape index (κ1) is 30.0. The summed E-state index contributed by atoms with van der Waals surface area (Å²) in [7, 11) is 0. The third-order valence-electron chi connectivity index (χ3n) is 2.66. The van der Waals surface area contributed by atoms with Crippen LogP contribution in [0.3, 0.4) is 0 Å². The summed E-state index contributed by atoms with van der Waals surface area (Å²) < 4.78 is 0. The minimum absolute atomic E-state index is 0. The van der Waals surface area contributed by atoms with Crippen LogP contribution in [0.2, 0.25) is 0 Å². The normalized spacial score (nSPS) is 11.8. The van der Waals surface area contributed by atoms with Crippen LogP contribution in [0, 0.1) is 12.8 Å². The van der Waals surface area contributed by atoms with E-state index in [-0.39, 0.29) is 43.2 Å². The maximum Gasteiger partial charge on any atom is 2.00 e. The Morgan fingerprint density at radius 3 is 1.68 bits per heavy atom. The fourth-order valence-electron chi connectivity index (χ4n) is 1.33. The monoisotopic (exact) mass is 347 g/mol. The van der Waals surface area contributed by atoms with Gasteiger partial charge in [0.05, 0.1) is 13.1 Å². The van der Waals surface area contributed by atoms with Crippen molar-refractivity contribution >= 4 is 49.7 Å². The largest absolute Gasteiger partial charge is 2.00 e. The van der Waals surface area contributed by atoms with Gasteiger partial charge in [0.25, 0.3) is 0 Å². The van der Waals surface area contributed by atoms with Crippen molar-refractivity contribution in [3.63, 3.8) is 0 Å². The van der Waals surface area contributed by atoms with Crippen molar-refractivity contribution in [2.24, 2.45) is 5.92 Å². The van der Waals surface area contributed by atoms with E-state index >= 15 is 0 Å². The molecule has 22 heavy (non-hydrogen) atoms. The van der Waals surface area contributed by atoms with Crippen molar-refractivity contribution < 1.29 is 36.7 Å². The number of unbranched alkanes of at least 4 members (excludes halogenated alkanes) is 2. The number of carbonyl (C=O) groups is 2. The van der Waals surface area contributed by atoms with E-state index in [2.05, 4.69) is 18.4 Å². The molecule has 0 rings (SSSR count). The van der Waals surface area contributed by atoms with Gasteiger partial charge in [0.2, 0.25) is 0 Å². The van der Waals surface area contributed by atoms with Gasteiger partial charge < -0.3 is 49.4 Å². The van der Waals surface area contributed by atoms with E-state index in [0.29, 0.717) is 12.8 Å². The Bertz CT molecular complexity index is 244. The third kappa shape index (κ3) is 22.3. The Balaban J connectivity index is -0.000000135. The topological polar surface area (TPSA) is 191 Å². The molecule has 0 aliphatic rings. The van der Waals surface area contributed by atoms with Gasteiger partial charge in [-0.05, 0) is 25.7 Å². The summed E-state index contributed by atoms with van der Waals surface area (Å²) in [6.07, 6.45) is 4.49. The first-order chi connectivity index (χ1) is 9.36. The summed E-state index contributed by atoms with van der Waals surface area (Å²) in [5.74, 6) is -2.88. The number of hydrogen-bond donors (Lipinski definition) is 2. The smallest absolute Gasteiger partial charge is 0.670 e. The Kier molecular flexibility index (Phi) is 28.7. The van der Waals surface area contributed by atoms with Crippen LogP contribution in [-0.4, -0.2) is 74.3 Å². The SMILES string of the molecule is O.[CH2-][C@@H](CCCC[NH3+])C(=O)[O-].[Ca+2].[NH-][C@@H](CCCC[NH3+])C(=O)[O-].